The number of ether oxygens (including phenoxy) is 1. The van der Waals surface area contributed by atoms with Gasteiger partial charge in [0.05, 0.1) is 18.1 Å². The van der Waals surface area contributed by atoms with Crippen LogP contribution in [0.25, 0.3) is 0 Å². The number of rotatable bonds is 6. The summed E-state index contributed by atoms with van der Waals surface area (Å²) in [5.74, 6) is 0.719. The molecule has 9 nitrogen and oxygen atoms in total. The number of carbonyl (C=O) groups is 1. The van der Waals surface area contributed by atoms with Crippen LogP contribution in [0.15, 0.2) is 41.9 Å². The highest BCUT2D eigenvalue weighted by molar-refractivity contribution is 5.80. The van der Waals surface area contributed by atoms with E-state index in [-0.39, 0.29) is 11.8 Å². The van der Waals surface area contributed by atoms with Gasteiger partial charge in [-0.1, -0.05) is 18.2 Å². The number of nitrogens with one attached hydrogen (secondary N) is 1. The lowest BCUT2D eigenvalue weighted by Gasteiger charge is -2.35. The van der Waals surface area contributed by atoms with Gasteiger partial charge in [0.25, 0.3) is 5.69 Å². The third-order valence-electron chi connectivity index (χ3n) is 4.07. The number of carbonyl (C=O) groups excluding carboxylic acids is 1. The fraction of sp³-hybridized carbons (Fsp3) is 0.444. The number of aliphatic imine (C=N–C) groups is 1. The van der Waals surface area contributed by atoms with Crippen molar-refractivity contribution in [2.45, 2.75) is 13.5 Å². The summed E-state index contributed by atoms with van der Waals surface area (Å²) in [6.45, 7) is 9.23. The first-order valence-corrected chi connectivity index (χ1v) is 8.84. The fourth-order valence-corrected chi connectivity index (χ4v) is 2.64. The number of non-ortho nitro benzene ring substituents is 1. The molecular formula is C18H25N5O4. The molecule has 0 saturated carbocycles. The van der Waals surface area contributed by atoms with Crippen LogP contribution in [0, 0.1) is 10.1 Å². The lowest BCUT2D eigenvalue weighted by molar-refractivity contribution is -0.384. The summed E-state index contributed by atoms with van der Waals surface area (Å²) in [5, 5.41) is 14.0. The predicted octanol–water partition coefficient (Wildman–Crippen LogP) is 2.00. The van der Waals surface area contributed by atoms with Gasteiger partial charge in [0.15, 0.2) is 5.96 Å². The Morgan fingerprint density at radius 3 is 2.48 bits per heavy atom. The molecule has 0 aliphatic carbocycles. The topological polar surface area (TPSA) is 100 Å². The maximum absolute atomic E-state index is 11.8. The number of guanidine groups is 1. The van der Waals surface area contributed by atoms with Gasteiger partial charge in [-0.25, -0.2) is 9.79 Å². The monoisotopic (exact) mass is 375 g/mol. The molecule has 0 atom stereocenters. The second kappa shape index (κ2) is 10.1. The van der Waals surface area contributed by atoms with E-state index < -0.39 is 4.92 Å². The lowest BCUT2D eigenvalue weighted by atomic mass is 10.2. The van der Waals surface area contributed by atoms with Gasteiger partial charge < -0.3 is 19.9 Å². The van der Waals surface area contributed by atoms with Crippen molar-refractivity contribution in [3.05, 3.63) is 52.6 Å². The van der Waals surface area contributed by atoms with Crippen LogP contribution in [0.4, 0.5) is 10.5 Å². The first-order valence-electron chi connectivity index (χ1n) is 8.84. The average Bonchev–Trinajstić information content (AvgIpc) is 2.69. The molecule has 1 aliphatic heterocycles. The van der Waals surface area contributed by atoms with Gasteiger partial charge in [-0.2, -0.15) is 0 Å². The summed E-state index contributed by atoms with van der Waals surface area (Å²) in [7, 11) is 0. The molecule has 0 spiro atoms. The third-order valence-corrected chi connectivity index (χ3v) is 4.07. The van der Waals surface area contributed by atoms with Crippen molar-refractivity contribution in [1.82, 2.24) is 15.1 Å². The summed E-state index contributed by atoms with van der Waals surface area (Å²) in [5.41, 5.74) is 0.937. The fourth-order valence-electron chi connectivity index (χ4n) is 2.64. The third kappa shape index (κ3) is 5.98. The van der Waals surface area contributed by atoms with Crippen molar-refractivity contribution in [1.29, 1.82) is 0 Å². The number of nitro groups is 1. The van der Waals surface area contributed by atoms with E-state index in [4.69, 9.17) is 4.74 Å². The van der Waals surface area contributed by atoms with Crippen molar-refractivity contribution in [2.75, 3.05) is 39.3 Å². The standard InChI is InChI=1S/C18H25N5O4/c1-3-9-19-17(20-14-15-5-7-16(8-6-15)23(25)26)21-10-12-22(13-11-21)18(24)27-4-2/h3,5-8H,1,4,9-14H2,2H3,(H,19,20). The molecule has 146 valence electrons. The second-order valence-corrected chi connectivity index (χ2v) is 5.91. The number of hydrogen-bond acceptors (Lipinski definition) is 5. The Morgan fingerprint density at radius 1 is 1.30 bits per heavy atom. The molecule has 0 radical (unpaired) electrons. The number of nitro benzene ring substituents is 1. The van der Waals surface area contributed by atoms with E-state index in [0.29, 0.717) is 45.9 Å². The van der Waals surface area contributed by atoms with Gasteiger partial charge in [0.1, 0.15) is 0 Å². The number of benzene rings is 1. The van der Waals surface area contributed by atoms with Crippen molar-refractivity contribution in [2.24, 2.45) is 4.99 Å². The van der Waals surface area contributed by atoms with Crippen molar-refractivity contribution in [3.63, 3.8) is 0 Å². The molecule has 2 rings (SSSR count). The van der Waals surface area contributed by atoms with Gasteiger partial charge in [-0.15, -0.1) is 6.58 Å². The predicted molar refractivity (Wildman–Crippen MR) is 103 cm³/mol. The highest BCUT2D eigenvalue weighted by Gasteiger charge is 2.23. The molecule has 9 heteroatoms. The molecule has 0 bridgehead atoms. The minimum absolute atomic E-state index is 0.0582. The van der Waals surface area contributed by atoms with E-state index in [1.54, 1.807) is 30.0 Å². The second-order valence-electron chi connectivity index (χ2n) is 5.91. The van der Waals surface area contributed by atoms with Crippen molar-refractivity contribution >= 4 is 17.7 Å². The largest absolute Gasteiger partial charge is 0.450 e. The molecular weight excluding hydrogens is 350 g/mol. The minimum atomic E-state index is -0.423. The zero-order chi connectivity index (χ0) is 19.6. The minimum Gasteiger partial charge on any atom is -0.450 e. The first-order chi connectivity index (χ1) is 13.0. The van der Waals surface area contributed by atoms with E-state index >= 15 is 0 Å². The van der Waals surface area contributed by atoms with Gasteiger partial charge in [0.2, 0.25) is 0 Å². The molecule has 1 aliphatic rings. The zero-order valence-electron chi connectivity index (χ0n) is 15.5. The van der Waals surface area contributed by atoms with Crippen molar-refractivity contribution < 1.29 is 14.5 Å². The Hall–Kier alpha value is -3.10. The van der Waals surface area contributed by atoms with E-state index in [1.807, 2.05) is 0 Å². The maximum Gasteiger partial charge on any atom is 0.409 e. The van der Waals surface area contributed by atoms with Gasteiger partial charge >= 0.3 is 6.09 Å². The van der Waals surface area contributed by atoms with Gasteiger partial charge in [-0.3, -0.25) is 10.1 Å². The van der Waals surface area contributed by atoms with Gasteiger partial charge in [0, 0.05) is 44.9 Å². The van der Waals surface area contributed by atoms with E-state index in [1.165, 1.54) is 12.1 Å². The molecule has 1 aromatic carbocycles. The van der Waals surface area contributed by atoms with Crippen LogP contribution in [0.1, 0.15) is 12.5 Å². The molecule has 0 unspecified atom stereocenters. The zero-order valence-corrected chi connectivity index (χ0v) is 15.5. The first kappa shape index (κ1) is 20.2. The average molecular weight is 375 g/mol. The van der Waals surface area contributed by atoms with Crippen LogP contribution >= 0.6 is 0 Å². The Bertz CT molecular complexity index is 681. The van der Waals surface area contributed by atoms with Crippen LogP contribution in [0.3, 0.4) is 0 Å². The molecule has 1 amide bonds. The van der Waals surface area contributed by atoms with Crippen LogP contribution in [0.2, 0.25) is 0 Å². The van der Waals surface area contributed by atoms with Crippen LogP contribution < -0.4 is 5.32 Å². The number of hydrogen-bond donors (Lipinski definition) is 1. The highest BCUT2D eigenvalue weighted by Crippen LogP contribution is 2.13. The normalized spacial score (nSPS) is 14.6. The molecule has 1 N–H and O–H groups in total. The Morgan fingerprint density at radius 2 is 1.93 bits per heavy atom. The van der Waals surface area contributed by atoms with Crippen LogP contribution in [0.5, 0.6) is 0 Å². The van der Waals surface area contributed by atoms with Gasteiger partial charge in [-0.05, 0) is 12.5 Å². The smallest absolute Gasteiger partial charge is 0.409 e. The molecule has 1 saturated heterocycles. The molecule has 1 aromatic rings. The molecule has 1 fully saturated rings. The number of piperazine rings is 1. The quantitative estimate of drug-likeness (QED) is 0.268. The van der Waals surface area contributed by atoms with E-state index in [9.17, 15) is 14.9 Å². The number of nitrogens with zero attached hydrogens (tertiary/aromatic N) is 4. The van der Waals surface area contributed by atoms with Crippen LogP contribution in [-0.2, 0) is 11.3 Å². The Balaban J connectivity index is 2.00. The lowest BCUT2D eigenvalue weighted by Crippen LogP contribution is -2.53. The Kier molecular flexibility index (Phi) is 7.60. The summed E-state index contributed by atoms with van der Waals surface area (Å²) in [4.78, 5) is 30.5. The number of amides is 1. The van der Waals surface area contributed by atoms with Crippen LogP contribution in [-0.4, -0.2) is 66.1 Å². The molecule has 1 heterocycles. The van der Waals surface area contributed by atoms with E-state index in [0.717, 1.165) is 11.5 Å². The van der Waals surface area contributed by atoms with E-state index in [2.05, 4.69) is 21.8 Å². The molecule has 27 heavy (non-hydrogen) atoms. The summed E-state index contributed by atoms with van der Waals surface area (Å²) in [6.07, 6.45) is 1.46. The summed E-state index contributed by atoms with van der Waals surface area (Å²) < 4.78 is 5.04. The van der Waals surface area contributed by atoms with Crippen molar-refractivity contribution in [3.8, 4) is 0 Å². The molecule has 0 aromatic heterocycles. The Labute approximate surface area is 158 Å². The summed E-state index contributed by atoms with van der Waals surface area (Å²) in [6, 6.07) is 6.34. The maximum atomic E-state index is 11.8. The SMILES string of the molecule is C=CCNC(=NCc1ccc([N+](=O)[O-])cc1)N1CCN(C(=O)OCC)CC1. The highest BCUT2D eigenvalue weighted by atomic mass is 16.6. The summed E-state index contributed by atoms with van der Waals surface area (Å²) >= 11 is 0.